The number of rotatable bonds is 8. The second-order valence-corrected chi connectivity index (χ2v) is 5.01. The van der Waals surface area contributed by atoms with Crippen molar-refractivity contribution in [2.24, 2.45) is 17.6 Å². The Morgan fingerprint density at radius 2 is 1.79 bits per heavy atom. The lowest BCUT2D eigenvalue weighted by atomic mass is 10.0. The average molecular weight is 272 g/mol. The normalized spacial score (nSPS) is 13.7. The minimum absolute atomic E-state index is 0.151. The lowest BCUT2D eigenvalue weighted by molar-refractivity contribution is -0.148. The van der Waals surface area contributed by atoms with E-state index in [1.807, 2.05) is 13.8 Å². The highest BCUT2D eigenvalue weighted by molar-refractivity contribution is 5.87. The van der Waals surface area contributed by atoms with Gasteiger partial charge in [0, 0.05) is 6.42 Å². The number of esters is 1. The summed E-state index contributed by atoms with van der Waals surface area (Å²) < 4.78 is 4.85. The summed E-state index contributed by atoms with van der Waals surface area (Å²) in [4.78, 5) is 34.4. The first-order chi connectivity index (χ1) is 8.77. The molecule has 110 valence electrons. The summed E-state index contributed by atoms with van der Waals surface area (Å²) in [6.45, 7) is 7.44. The molecule has 2 atom stereocenters. The standard InChI is InChI=1S/C13H24N2O4/c1-5-19-13(18)9(4)7-10(12(14)17)15-11(16)6-8(2)3/h8-10H,5-7H2,1-4H3,(H2,14,17)(H,15,16)/t9-,10-/m0/s1. The van der Waals surface area contributed by atoms with E-state index in [9.17, 15) is 14.4 Å². The zero-order valence-corrected chi connectivity index (χ0v) is 12.1. The molecule has 0 radical (unpaired) electrons. The smallest absolute Gasteiger partial charge is 0.308 e. The fourth-order valence-corrected chi connectivity index (χ4v) is 1.60. The van der Waals surface area contributed by atoms with Gasteiger partial charge in [0.05, 0.1) is 12.5 Å². The molecule has 6 heteroatoms. The Hall–Kier alpha value is -1.59. The van der Waals surface area contributed by atoms with Crippen LogP contribution in [0.25, 0.3) is 0 Å². The van der Waals surface area contributed by atoms with Crippen molar-refractivity contribution in [2.45, 2.75) is 46.6 Å². The molecule has 0 aliphatic rings. The molecule has 0 heterocycles. The van der Waals surface area contributed by atoms with Gasteiger partial charge in [-0.05, 0) is 19.3 Å². The molecule has 0 aromatic rings. The Labute approximate surface area is 114 Å². The van der Waals surface area contributed by atoms with Gasteiger partial charge in [-0.15, -0.1) is 0 Å². The van der Waals surface area contributed by atoms with Crippen molar-refractivity contribution >= 4 is 17.8 Å². The molecule has 0 rings (SSSR count). The number of hydrogen-bond acceptors (Lipinski definition) is 4. The zero-order chi connectivity index (χ0) is 15.0. The topological polar surface area (TPSA) is 98.5 Å². The molecular weight excluding hydrogens is 248 g/mol. The van der Waals surface area contributed by atoms with Crippen LogP contribution in [0.2, 0.25) is 0 Å². The Morgan fingerprint density at radius 1 is 1.21 bits per heavy atom. The highest BCUT2D eigenvalue weighted by Gasteiger charge is 2.25. The minimum atomic E-state index is -0.842. The van der Waals surface area contributed by atoms with E-state index in [4.69, 9.17) is 10.5 Å². The van der Waals surface area contributed by atoms with Gasteiger partial charge in [-0.2, -0.15) is 0 Å². The number of nitrogens with two attached hydrogens (primary N) is 1. The predicted molar refractivity (Wildman–Crippen MR) is 71.0 cm³/mol. The first-order valence-corrected chi connectivity index (χ1v) is 6.53. The summed E-state index contributed by atoms with van der Waals surface area (Å²) >= 11 is 0. The molecule has 0 saturated heterocycles. The molecule has 0 aromatic carbocycles. The SMILES string of the molecule is CCOC(=O)[C@@H](C)C[C@H](NC(=O)CC(C)C)C(N)=O. The Bertz CT molecular complexity index is 329. The van der Waals surface area contributed by atoms with E-state index in [0.29, 0.717) is 6.42 Å². The van der Waals surface area contributed by atoms with Crippen LogP contribution < -0.4 is 11.1 Å². The first kappa shape index (κ1) is 17.4. The summed E-state index contributed by atoms with van der Waals surface area (Å²) in [6, 6.07) is -0.842. The monoisotopic (exact) mass is 272 g/mol. The second-order valence-electron chi connectivity index (χ2n) is 5.01. The Kier molecular flexibility index (Phi) is 7.79. The highest BCUT2D eigenvalue weighted by Crippen LogP contribution is 2.09. The predicted octanol–water partition coefficient (Wildman–Crippen LogP) is 0.592. The van der Waals surface area contributed by atoms with Crippen molar-refractivity contribution in [2.75, 3.05) is 6.61 Å². The molecular formula is C13H24N2O4. The quantitative estimate of drug-likeness (QED) is 0.632. The van der Waals surface area contributed by atoms with E-state index < -0.39 is 23.8 Å². The Morgan fingerprint density at radius 3 is 2.21 bits per heavy atom. The fraction of sp³-hybridized carbons (Fsp3) is 0.769. The van der Waals surface area contributed by atoms with E-state index >= 15 is 0 Å². The second kappa shape index (κ2) is 8.50. The van der Waals surface area contributed by atoms with E-state index in [-0.39, 0.29) is 24.9 Å². The number of carbonyl (C=O) groups is 3. The summed E-state index contributed by atoms with van der Waals surface area (Å²) in [7, 11) is 0. The van der Waals surface area contributed by atoms with Crippen molar-refractivity contribution in [1.29, 1.82) is 0 Å². The zero-order valence-electron chi connectivity index (χ0n) is 12.1. The fourth-order valence-electron chi connectivity index (χ4n) is 1.60. The molecule has 0 aliphatic carbocycles. The summed E-state index contributed by atoms with van der Waals surface area (Å²) in [5.41, 5.74) is 5.23. The van der Waals surface area contributed by atoms with E-state index in [0.717, 1.165) is 0 Å². The van der Waals surface area contributed by atoms with E-state index in [2.05, 4.69) is 5.32 Å². The summed E-state index contributed by atoms with van der Waals surface area (Å²) in [6.07, 6.45) is 0.468. The van der Waals surface area contributed by atoms with Gasteiger partial charge < -0.3 is 15.8 Å². The largest absolute Gasteiger partial charge is 0.466 e. The maximum Gasteiger partial charge on any atom is 0.308 e. The lowest BCUT2D eigenvalue weighted by Crippen LogP contribution is -2.46. The number of amides is 2. The van der Waals surface area contributed by atoms with Crippen molar-refractivity contribution < 1.29 is 19.1 Å². The maximum absolute atomic E-state index is 11.6. The third kappa shape index (κ3) is 7.43. The maximum atomic E-state index is 11.6. The molecule has 0 fully saturated rings. The van der Waals surface area contributed by atoms with Gasteiger partial charge in [0.1, 0.15) is 6.04 Å². The molecule has 0 unspecified atom stereocenters. The third-order valence-corrected chi connectivity index (χ3v) is 2.55. The van der Waals surface area contributed by atoms with Crippen LogP contribution in [0.5, 0.6) is 0 Å². The molecule has 3 N–H and O–H groups in total. The first-order valence-electron chi connectivity index (χ1n) is 6.53. The van der Waals surface area contributed by atoms with Crippen LogP contribution in [0.4, 0.5) is 0 Å². The van der Waals surface area contributed by atoms with Gasteiger partial charge in [0.25, 0.3) is 0 Å². The van der Waals surface area contributed by atoms with Crippen LogP contribution >= 0.6 is 0 Å². The lowest BCUT2D eigenvalue weighted by Gasteiger charge is -2.19. The van der Waals surface area contributed by atoms with Crippen LogP contribution in [0.15, 0.2) is 0 Å². The minimum Gasteiger partial charge on any atom is -0.466 e. The van der Waals surface area contributed by atoms with Crippen LogP contribution in [0, 0.1) is 11.8 Å². The molecule has 19 heavy (non-hydrogen) atoms. The van der Waals surface area contributed by atoms with Gasteiger partial charge in [-0.1, -0.05) is 20.8 Å². The number of nitrogens with one attached hydrogen (secondary N) is 1. The van der Waals surface area contributed by atoms with Gasteiger partial charge in [0.2, 0.25) is 11.8 Å². The Balaban J connectivity index is 4.45. The summed E-state index contributed by atoms with van der Waals surface area (Å²) in [5, 5.41) is 2.55. The molecule has 6 nitrogen and oxygen atoms in total. The molecule has 0 bridgehead atoms. The van der Waals surface area contributed by atoms with Crippen LogP contribution in [-0.4, -0.2) is 30.4 Å². The number of hydrogen-bond donors (Lipinski definition) is 2. The van der Waals surface area contributed by atoms with Gasteiger partial charge >= 0.3 is 5.97 Å². The summed E-state index contributed by atoms with van der Waals surface area (Å²) in [5.74, 6) is -1.58. The molecule has 0 aromatic heterocycles. The molecule has 0 aliphatic heterocycles. The van der Waals surface area contributed by atoms with Gasteiger partial charge in [0.15, 0.2) is 0 Å². The van der Waals surface area contributed by atoms with E-state index in [1.165, 1.54) is 0 Å². The van der Waals surface area contributed by atoms with Crippen molar-refractivity contribution in [3.63, 3.8) is 0 Å². The van der Waals surface area contributed by atoms with Crippen molar-refractivity contribution in [1.82, 2.24) is 5.32 Å². The van der Waals surface area contributed by atoms with E-state index in [1.54, 1.807) is 13.8 Å². The van der Waals surface area contributed by atoms with Crippen LogP contribution in [0.3, 0.4) is 0 Å². The number of carbonyl (C=O) groups excluding carboxylic acids is 3. The average Bonchev–Trinajstić information content (AvgIpc) is 2.26. The van der Waals surface area contributed by atoms with Crippen LogP contribution in [-0.2, 0) is 19.1 Å². The van der Waals surface area contributed by atoms with Crippen molar-refractivity contribution in [3.8, 4) is 0 Å². The molecule has 2 amide bonds. The van der Waals surface area contributed by atoms with Gasteiger partial charge in [-0.3, -0.25) is 14.4 Å². The third-order valence-electron chi connectivity index (χ3n) is 2.55. The molecule has 0 saturated carbocycles. The highest BCUT2D eigenvalue weighted by atomic mass is 16.5. The van der Waals surface area contributed by atoms with Crippen LogP contribution in [0.1, 0.15) is 40.5 Å². The van der Waals surface area contributed by atoms with Crippen molar-refractivity contribution in [3.05, 3.63) is 0 Å². The van der Waals surface area contributed by atoms with Gasteiger partial charge in [-0.25, -0.2) is 0 Å². The number of ether oxygens (including phenoxy) is 1. The number of primary amides is 1. The molecule has 0 spiro atoms.